The Balaban J connectivity index is 0.00000280. The molecule has 0 unspecified atom stereocenters. The molecule has 28 heavy (non-hydrogen) atoms. The predicted molar refractivity (Wildman–Crippen MR) is 105 cm³/mol. The Hall–Kier alpha value is -2.29. The fourth-order valence-electron chi connectivity index (χ4n) is 2.54. The second-order valence-electron chi connectivity index (χ2n) is 5.83. The Morgan fingerprint density at radius 1 is 1.11 bits per heavy atom. The number of hydrogen-bond donors (Lipinski definition) is 1. The highest BCUT2D eigenvalue weighted by molar-refractivity contribution is 7.99. The average Bonchev–Trinajstić information content (AvgIpc) is 3.12. The first-order chi connectivity index (χ1) is 13.3. The summed E-state index contributed by atoms with van der Waals surface area (Å²) in [6.45, 7) is 2.02. The van der Waals surface area contributed by atoms with Crippen molar-refractivity contribution in [2.45, 2.75) is 18.3 Å². The number of aromatic nitrogens is 4. The van der Waals surface area contributed by atoms with Crippen molar-refractivity contribution >= 4 is 11.8 Å². The first-order valence-electron chi connectivity index (χ1n) is 8.66. The van der Waals surface area contributed by atoms with Gasteiger partial charge in [0.25, 0.3) is 0 Å². The molecule has 0 bridgehead atoms. The molecule has 0 aliphatic rings. The number of benzene rings is 2. The fourth-order valence-corrected chi connectivity index (χ4v) is 3.28. The quantitative estimate of drug-likeness (QED) is 0.356. The molecular formula is C19H23ClN5O2S-. The number of nitrogens with zero attached hydrogens (tertiary/aromatic N) is 4. The van der Waals surface area contributed by atoms with Gasteiger partial charge in [-0.2, -0.15) is 0 Å². The molecule has 0 saturated heterocycles. The first kappa shape index (κ1) is 22.0. The van der Waals surface area contributed by atoms with Crippen LogP contribution in [0.15, 0.2) is 53.7 Å². The maximum atomic E-state index is 6.08. The van der Waals surface area contributed by atoms with Gasteiger partial charge >= 0.3 is 0 Å². The Bertz CT molecular complexity index is 847. The third kappa shape index (κ3) is 6.12. The number of tetrazole rings is 1. The van der Waals surface area contributed by atoms with E-state index in [9.17, 15) is 0 Å². The van der Waals surface area contributed by atoms with E-state index >= 15 is 0 Å². The van der Waals surface area contributed by atoms with Crippen molar-refractivity contribution in [1.82, 2.24) is 25.5 Å². The SMILES string of the molecule is COc1cccc(CNCCSc2nnnn2C)c1OCc1ccccc1.[Cl-]. The first-order valence-corrected chi connectivity index (χ1v) is 9.65. The lowest BCUT2D eigenvalue weighted by Gasteiger charge is -2.15. The lowest BCUT2D eigenvalue weighted by Crippen LogP contribution is -3.00. The monoisotopic (exact) mass is 420 g/mol. The minimum atomic E-state index is 0. The van der Waals surface area contributed by atoms with E-state index in [0.29, 0.717) is 13.2 Å². The van der Waals surface area contributed by atoms with Crippen LogP contribution in [0.25, 0.3) is 0 Å². The van der Waals surface area contributed by atoms with Crippen molar-refractivity contribution in [3.05, 3.63) is 59.7 Å². The second-order valence-corrected chi connectivity index (χ2v) is 6.90. The maximum Gasteiger partial charge on any atom is 0.209 e. The van der Waals surface area contributed by atoms with Crippen LogP contribution < -0.4 is 27.2 Å². The summed E-state index contributed by atoms with van der Waals surface area (Å²) in [6.07, 6.45) is 0. The summed E-state index contributed by atoms with van der Waals surface area (Å²) in [5.74, 6) is 2.39. The van der Waals surface area contributed by atoms with E-state index in [1.807, 2.05) is 49.5 Å². The lowest BCUT2D eigenvalue weighted by molar-refractivity contribution is -0.00000625. The van der Waals surface area contributed by atoms with Gasteiger partial charge in [-0.1, -0.05) is 54.2 Å². The van der Waals surface area contributed by atoms with Gasteiger partial charge in [-0.05, 0) is 22.1 Å². The Morgan fingerprint density at radius 2 is 1.93 bits per heavy atom. The largest absolute Gasteiger partial charge is 1.00 e. The fraction of sp³-hybridized carbons (Fsp3) is 0.316. The van der Waals surface area contributed by atoms with Gasteiger partial charge in [0.2, 0.25) is 5.16 Å². The normalized spacial score (nSPS) is 10.4. The molecule has 0 saturated carbocycles. The van der Waals surface area contributed by atoms with Gasteiger partial charge in [-0.3, -0.25) is 0 Å². The molecule has 3 aromatic rings. The minimum Gasteiger partial charge on any atom is -1.00 e. The van der Waals surface area contributed by atoms with E-state index in [1.54, 1.807) is 23.6 Å². The van der Waals surface area contributed by atoms with Crippen LogP contribution in [0.5, 0.6) is 11.5 Å². The van der Waals surface area contributed by atoms with E-state index in [2.05, 4.69) is 26.9 Å². The van der Waals surface area contributed by atoms with Gasteiger partial charge in [0, 0.05) is 31.5 Å². The summed E-state index contributed by atoms with van der Waals surface area (Å²) in [6, 6.07) is 16.1. The van der Waals surface area contributed by atoms with E-state index in [4.69, 9.17) is 9.47 Å². The van der Waals surface area contributed by atoms with Gasteiger partial charge in [-0.15, -0.1) is 5.10 Å². The number of methoxy groups -OCH3 is 1. The molecule has 0 aliphatic heterocycles. The molecule has 7 nitrogen and oxygen atoms in total. The summed E-state index contributed by atoms with van der Waals surface area (Å²) in [5.41, 5.74) is 2.19. The van der Waals surface area contributed by atoms with E-state index in [1.165, 1.54) is 0 Å². The van der Waals surface area contributed by atoms with Crippen molar-refractivity contribution in [1.29, 1.82) is 0 Å². The number of para-hydroxylation sites is 1. The molecule has 0 atom stereocenters. The van der Waals surface area contributed by atoms with Crippen LogP contribution in [-0.2, 0) is 20.2 Å². The molecule has 0 amide bonds. The molecule has 0 aliphatic carbocycles. The van der Waals surface area contributed by atoms with Crippen molar-refractivity contribution in [3.63, 3.8) is 0 Å². The van der Waals surface area contributed by atoms with Crippen LogP contribution in [0.2, 0.25) is 0 Å². The molecule has 1 aromatic heterocycles. The van der Waals surface area contributed by atoms with Crippen LogP contribution in [0.3, 0.4) is 0 Å². The van der Waals surface area contributed by atoms with Crippen molar-refractivity contribution in [3.8, 4) is 11.5 Å². The average molecular weight is 421 g/mol. The van der Waals surface area contributed by atoms with Crippen LogP contribution in [0.4, 0.5) is 0 Å². The van der Waals surface area contributed by atoms with Crippen molar-refractivity contribution in [2.75, 3.05) is 19.4 Å². The van der Waals surface area contributed by atoms with Gasteiger partial charge in [0.15, 0.2) is 11.5 Å². The molecular weight excluding hydrogens is 398 g/mol. The maximum absolute atomic E-state index is 6.08. The number of thioether (sulfide) groups is 1. The van der Waals surface area contributed by atoms with Crippen molar-refractivity contribution < 1.29 is 21.9 Å². The molecule has 9 heteroatoms. The predicted octanol–water partition coefficient (Wildman–Crippen LogP) is -0.316. The minimum absolute atomic E-state index is 0. The Labute approximate surface area is 175 Å². The second kappa shape index (κ2) is 11.5. The highest BCUT2D eigenvalue weighted by Gasteiger charge is 2.11. The third-order valence-electron chi connectivity index (χ3n) is 3.91. The summed E-state index contributed by atoms with van der Waals surface area (Å²) in [5, 5.41) is 15.7. The molecule has 150 valence electrons. The molecule has 0 fully saturated rings. The number of halogens is 1. The highest BCUT2D eigenvalue weighted by atomic mass is 35.5. The van der Waals surface area contributed by atoms with E-state index < -0.39 is 0 Å². The van der Waals surface area contributed by atoms with Crippen LogP contribution in [0.1, 0.15) is 11.1 Å². The molecule has 2 aromatic carbocycles. The lowest BCUT2D eigenvalue weighted by atomic mass is 10.1. The zero-order chi connectivity index (χ0) is 18.9. The number of hydrogen-bond acceptors (Lipinski definition) is 7. The Kier molecular flexibility index (Phi) is 9.06. The van der Waals surface area contributed by atoms with Crippen LogP contribution >= 0.6 is 11.8 Å². The summed E-state index contributed by atoms with van der Waals surface area (Å²) >= 11 is 1.62. The number of nitrogens with one attached hydrogen (secondary N) is 1. The third-order valence-corrected chi connectivity index (χ3v) is 4.93. The van der Waals surface area contributed by atoms with E-state index in [-0.39, 0.29) is 12.4 Å². The van der Waals surface area contributed by atoms with Crippen LogP contribution in [0, 0.1) is 0 Å². The summed E-state index contributed by atoms with van der Waals surface area (Å²) < 4.78 is 13.2. The number of ether oxygens (including phenoxy) is 2. The molecule has 3 rings (SSSR count). The zero-order valence-corrected chi connectivity index (χ0v) is 17.4. The number of aryl methyl sites for hydroxylation is 1. The van der Waals surface area contributed by atoms with Crippen LogP contribution in [-0.4, -0.2) is 39.6 Å². The zero-order valence-electron chi connectivity index (χ0n) is 15.8. The number of rotatable bonds is 10. The molecule has 1 heterocycles. The Morgan fingerprint density at radius 3 is 2.64 bits per heavy atom. The molecule has 0 radical (unpaired) electrons. The topological polar surface area (TPSA) is 74.1 Å². The van der Waals surface area contributed by atoms with Gasteiger partial charge in [0.1, 0.15) is 6.61 Å². The standard InChI is InChI=1S/C19H23N5O2S.ClH/c1-24-19(21-22-23-24)27-12-11-20-13-16-9-6-10-17(25-2)18(16)26-14-15-7-4-3-5-8-15;/h3-10,20H,11-14H2,1-2H3;1H/p-1. The smallest absolute Gasteiger partial charge is 0.209 e. The van der Waals surface area contributed by atoms with E-state index in [0.717, 1.165) is 40.1 Å². The van der Waals surface area contributed by atoms with Gasteiger partial charge in [0.05, 0.1) is 7.11 Å². The summed E-state index contributed by atoms with van der Waals surface area (Å²) in [7, 11) is 3.50. The van der Waals surface area contributed by atoms with Gasteiger partial charge in [-0.25, -0.2) is 4.68 Å². The summed E-state index contributed by atoms with van der Waals surface area (Å²) in [4.78, 5) is 0. The highest BCUT2D eigenvalue weighted by Crippen LogP contribution is 2.31. The van der Waals surface area contributed by atoms with Crippen molar-refractivity contribution in [2.24, 2.45) is 7.05 Å². The van der Waals surface area contributed by atoms with Gasteiger partial charge < -0.3 is 27.2 Å². The molecule has 1 N–H and O–H groups in total. The molecule has 0 spiro atoms.